The summed E-state index contributed by atoms with van der Waals surface area (Å²) in [5, 5.41) is 11.0. The summed E-state index contributed by atoms with van der Waals surface area (Å²) >= 11 is 4.80. The van der Waals surface area contributed by atoms with Crippen LogP contribution in [-0.2, 0) is 30.2 Å². The van der Waals surface area contributed by atoms with Gasteiger partial charge in [-0.05, 0) is 28.1 Å². The van der Waals surface area contributed by atoms with E-state index in [4.69, 9.17) is 5.11 Å². The number of halogens is 1. The molecular weight excluding hydrogens is 352 g/mol. The van der Waals surface area contributed by atoms with Gasteiger partial charge in [-0.2, -0.15) is 0 Å². The molecule has 0 aromatic carbocycles. The van der Waals surface area contributed by atoms with Crippen LogP contribution in [-0.4, -0.2) is 18.1 Å². The first-order valence-electron chi connectivity index (χ1n) is 5.41. The number of hydrogen-bond acceptors (Lipinski definition) is 4. The number of aliphatic hydroxyl groups is 1. The molecule has 19 heavy (non-hydrogen) atoms. The summed E-state index contributed by atoms with van der Waals surface area (Å²) in [7, 11) is -1.86. The first-order valence-corrected chi connectivity index (χ1v) is 8.56. The van der Waals surface area contributed by atoms with Crippen LogP contribution in [0.4, 0.5) is 0 Å². The standard InChI is InChI=1S/C11H13BrN2O3S2/c1-14-5-11(3-9(14)6-15)19(16,17)13-4-10-2-8(12)7-18-10/h2-3,5,7,13,15H,4,6H2,1H3. The lowest BCUT2D eigenvalue weighted by molar-refractivity contribution is 0.272. The van der Waals surface area contributed by atoms with Crippen LogP contribution < -0.4 is 4.72 Å². The lowest BCUT2D eigenvalue weighted by Gasteiger charge is -2.02. The summed E-state index contributed by atoms with van der Waals surface area (Å²) in [6.07, 6.45) is 1.48. The Kier molecular flexibility index (Phi) is 4.46. The van der Waals surface area contributed by atoms with Gasteiger partial charge in [0, 0.05) is 40.2 Å². The largest absolute Gasteiger partial charge is 0.390 e. The van der Waals surface area contributed by atoms with E-state index in [9.17, 15) is 8.42 Å². The van der Waals surface area contributed by atoms with E-state index in [-0.39, 0.29) is 18.0 Å². The Bertz CT molecular complexity index is 676. The Labute approximate surface area is 124 Å². The van der Waals surface area contributed by atoms with Crippen LogP contribution in [0.2, 0.25) is 0 Å². The predicted octanol–water partition coefficient (Wildman–Crippen LogP) is 1.82. The van der Waals surface area contributed by atoms with E-state index in [1.807, 2.05) is 11.4 Å². The molecular formula is C11H13BrN2O3S2. The first kappa shape index (κ1) is 14.7. The smallest absolute Gasteiger partial charge is 0.242 e. The molecule has 104 valence electrons. The molecule has 8 heteroatoms. The Hall–Kier alpha value is -0.670. The van der Waals surface area contributed by atoms with Crippen LogP contribution in [0.15, 0.2) is 33.1 Å². The van der Waals surface area contributed by atoms with Gasteiger partial charge in [0.2, 0.25) is 10.0 Å². The Balaban J connectivity index is 2.13. The Morgan fingerprint density at radius 1 is 1.47 bits per heavy atom. The molecule has 2 rings (SSSR count). The molecule has 0 aliphatic carbocycles. The molecule has 0 spiro atoms. The average molecular weight is 365 g/mol. The maximum Gasteiger partial charge on any atom is 0.242 e. The van der Waals surface area contributed by atoms with Crippen molar-refractivity contribution in [3.05, 3.63) is 38.8 Å². The number of thiophene rings is 1. The van der Waals surface area contributed by atoms with E-state index in [0.29, 0.717) is 5.69 Å². The highest BCUT2D eigenvalue weighted by molar-refractivity contribution is 9.10. The summed E-state index contributed by atoms with van der Waals surface area (Å²) in [5.41, 5.74) is 0.555. The van der Waals surface area contributed by atoms with E-state index in [0.717, 1.165) is 9.35 Å². The van der Waals surface area contributed by atoms with Gasteiger partial charge >= 0.3 is 0 Å². The van der Waals surface area contributed by atoms with Crippen molar-refractivity contribution in [2.24, 2.45) is 7.05 Å². The third-order valence-corrected chi connectivity index (χ3v) is 5.68. The fourth-order valence-corrected chi connectivity index (χ4v) is 4.16. The van der Waals surface area contributed by atoms with Crippen molar-refractivity contribution in [2.45, 2.75) is 18.0 Å². The second-order valence-corrected chi connectivity index (χ2v) is 7.67. The Morgan fingerprint density at radius 2 is 2.21 bits per heavy atom. The molecule has 0 amide bonds. The monoisotopic (exact) mass is 364 g/mol. The third-order valence-electron chi connectivity index (χ3n) is 2.61. The number of nitrogens with zero attached hydrogens (tertiary/aromatic N) is 1. The van der Waals surface area contributed by atoms with E-state index in [1.165, 1.54) is 23.6 Å². The second kappa shape index (κ2) is 5.76. The fourth-order valence-electron chi connectivity index (χ4n) is 1.58. The molecule has 0 saturated carbocycles. The van der Waals surface area contributed by atoms with Gasteiger partial charge in [0.1, 0.15) is 0 Å². The predicted molar refractivity (Wildman–Crippen MR) is 77.4 cm³/mol. The lowest BCUT2D eigenvalue weighted by Crippen LogP contribution is -2.22. The summed E-state index contributed by atoms with van der Waals surface area (Å²) < 4.78 is 29.2. The van der Waals surface area contributed by atoms with Crippen molar-refractivity contribution in [3.63, 3.8) is 0 Å². The van der Waals surface area contributed by atoms with E-state index in [2.05, 4.69) is 20.7 Å². The molecule has 0 aliphatic heterocycles. The molecule has 5 nitrogen and oxygen atoms in total. The number of aliphatic hydroxyl groups excluding tert-OH is 1. The van der Waals surface area contributed by atoms with Crippen molar-refractivity contribution in [3.8, 4) is 0 Å². The van der Waals surface area contributed by atoms with Gasteiger partial charge in [0.15, 0.2) is 0 Å². The van der Waals surface area contributed by atoms with Crippen molar-refractivity contribution < 1.29 is 13.5 Å². The Morgan fingerprint density at radius 3 is 2.74 bits per heavy atom. The van der Waals surface area contributed by atoms with Crippen molar-refractivity contribution >= 4 is 37.3 Å². The second-order valence-electron chi connectivity index (χ2n) is 3.99. The van der Waals surface area contributed by atoms with Gasteiger partial charge in [-0.25, -0.2) is 13.1 Å². The van der Waals surface area contributed by atoms with Crippen LogP contribution in [0.5, 0.6) is 0 Å². The number of sulfonamides is 1. The van der Waals surface area contributed by atoms with E-state index in [1.54, 1.807) is 11.6 Å². The molecule has 0 unspecified atom stereocenters. The van der Waals surface area contributed by atoms with Gasteiger partial charge in [0.05, 0.1) is 11.5 Å². The molecule has 0 saturated heterocycles. The van der Waals surface area contributed by atoms with Crippen molar-refractivity contribution in [2.75, 3.05) is 0 Å². The van der Waals surface area contributed by atoms with Gasteiger partial charge in [-0.1, -0.05) is 0 Å². The number of aryl methyl sites for hydroxylation is 1. The number of nitrogens with one attached hydrogen (secondary N) is 1. The van der Waals surface area contributed by atoms with Crippen LogP contribution in [0.1, 0.15) is 10.6 Å². The molecule has 0 bridgehead atoms. The third kappa shape index (κ3) is 3.46. The summed E-state index contributed by atoms with van der Waals surface area (Å²) in [5.74, 6) is 0. The first-order chi connectivity index (χ1) is 8.92. The maximum absolute atomic E-state index is 12.1. The molecule has 2 heterocycles. The minimum atomic E-state index is -3.55. The van der Waals surface area contributed by atoms with Gasteiger partial charge in [-0.15, -0.1) is 11.3 Å². The summed E-state index contributed by atoms with van der Waals surface area (Å²) in [6, 6.07) is 3.34. The highest BCUT2D eigenvalue weighted by Gasteiger charge is 2.17. The van der Waals surface area contributed by atoms with Gasteiger partial charge in [-0.3, -0.25) is 0 Å². The minimum absolute atomic E-state index is 0.162. The molecule has 0 atom stereocenters. The lowest BCUT2D eigenvalue weighted by atomic mass is 10.5. The van der Waals surface area contributed by atoms with Crippen molar-refractivity contribution in [1.29, 1.82) is 0 Å². The van der Waals surface area contributed by atoms with Gasteiger partial charge < -0.3 is 9.67 Å². The van der Waals surface area contributed by atoms with Gasteiger partial charge in [0.25, 0.3) is 0 Å². The van der Waals surface area contributed by atoms with Crippen LogP contribution in [0.3, 0.4) is 0 Å². The quantitative estimate of drug-likeness (QED) is 0.849. The number of hydrogen-bond donors (Lipinski definition) is 2. The summed E-state index contributed by atoms with van der Waals surface area (Å²) in [4.78, 5) is 1.09. The highest BCUT2D eigenvalue weighted by atomic mass is 79.9. The zero-order valence-electron chi connectivity index (χ0n) is 10.1. The molecule has 0 radical (unpaired) electrons. The topological polar surface area (TPSA) is 71.3 Å². The molecule has 2 aromatic heterocycles. The molecule has 2 N–H and O–H groups in total. The fraction of sp³-hybridized carbons (Fsp3) is 0.273. The van der Waals surface area contributed by atoms with Crippen LogP contribution >= 0.6 is 27.3 Å². The normalized spacial score (nSPS) is 11.9. The SMILES string of the molecule is Cn1cc(S(=O)(=O)NCc2cc(Br)cs2)cc1CO. The van der Waals surface area contributed by atoms with Crippen LogP contribution in [0.25, 0.3) is 0 Å². The number of aromatic nitrogens is 1. The van der Waals surface area contributed by atoms with Crippen molar-refractivity contribution in [1.82, 2.24) is 9.29 Å². The average Bonchev–Trinajstić information content (AvgIpc) is 2.93. The molecule has 0 aliphatic rings. The van der Waals surface area contributed by atoms with E-state index >= 15 is 0 Å². The maximum atomic E-state index is 12.1. The highest BCUT2D eigenvalue weighted by Crippen LogP contribution is 2.20. The zero-order chi connectivity index (χ0) is 14.0. The van der Waals surface area contributed by atoms with Crippen LogP contribution in [0, 0.1) is 0 Å². The zero-order valence-corrected chi connectivity index (χ0v) is 13.3. The molecule has 2 aromatic rings. The van der Waals surface area contributed by atoms with E-state index < -0.39 is 10.0 Å². The summed E-state index contributed by atoms with van der Waals surface area (Å²) in [6.45, 7) is 0.0614. The number of rotatable bonds is 5. The minimum Gasteiger partial charge on any atom is -0.390 e. The molecule has 0 fully saturated rings.